The number of hydrogen-bond acceptors (Lipinski definition) is 4. The Morgan fingerprint density at radius 1 is 1.53 bits per heavy atom. The first-order valence-corrected chi connectivity index (χ1v) is 4.51. The van der Waals surface area contributed by atoms with Gasteiger partial charge in [-0.2, -0.15) is 0 Å². The zero-order chi connectivity index (χ0) is 11.3. The van der Waals surface area contributed by atoms with Gasteiger partial charge in [-0.3, -0.25) is 14.9 Å². The number of nitrogens with zero attached hydrogens (tertiary/aromatic N) is 1. The summed E-state index contributed by atoms with van der Waals surface area (Å²) in [4.78, 5) is 20.8. The zero-order valence-corrected chi connectivity index (χ0v) is 8.30. The van der Waals surface area contributed by atoms with Crippen LogP contribution in [0.4, 0.5) is 0 Å². The third kappa shape index (κ3) is 3.38. The van der Waals surface area contributed by atoms with Crippen molar-refractivity contribution in [3.8, 4) is 5.75 Å². The molecular weight excluding hydrogens is 198 g/mol. The van der Waals surface area contributed by atoms with Crippen molar-refractivity contribution in [2.45, 2.75) is 6.92 Å². The van der Waals surface area contributed by atoms with Gasteiger partial charge in [0, 0.05) is 10.5 Å². The lowest BCUT2D eigenvalue weighted by molar-refractivity contribution is -0.465. The first kappa shape index (κ1) is 11.2. The van der Waals surface area contributed by atoms with Crippen molar-refractivity contribution in [1.29, 1.82) is 0 Å². The Kier molecular flexibility index (Phi) is 3.79. The summed E-state index contributed by atoms with van der Waals surface area (Å²) in [6.45, 7) is 1.63. The van der Waals surface area contributed by atoms with E-state index >= 15 is 0 Å². The molecule has 0 N–H and O–H groups in total. The molecule has 0 unspecified atom stereocenters. The third-order valence-corrected chi connectivity index (χ3v) is 1.74. The van der Waals surface area contributed by atoms with Gasteiger partial charge in [-0.15, -0.1) is 0 Å². The molecule has 0 radical (unpaired) electrons. The average molecular weight is 209 g/mol. The Morgan fingerprint density at radius 2 is 2.27 bits per heavy atom. The second-order valence-corrected chi connectivity index (χ2v) is 2.87. The van der Waals surface area contributed by atoms with Crippen molar-refractivity contribution in [2.75, 3.05) is 13.2 Å². The fourth-order valence-corrected chi connectivity index (χ4v) is 1.13. The highest BCUT2D eigenvalue weighted by Crippen LogP contribution is 2.13. The van der Waals surface area contributed by atoms with E-state index in [-0.39, 0.29) is 0 Å². The number of hydrogen-bond donors (Lipinski definition) is 0. The summed E-state index contributed by atoms with van der Waals surface area (Å²) in [5.41, 5.74) is 0.303. The van der Waals surface area contributed by atoms with Crippen LogP contribution in [0, 0.1) is 10.1 Å². The molecule has 0 spiro atoms. The maximum Gasteiger partial charge on any atom is 0.265 e. The van der Waals surface area contributed by atoms with E-state index in [0.29, 0.717) is 17.9 Å². The Balaban J connectivity index is 2.80. The van der Waals surface area contributed by atoms with Crippen molar-refractivity contribution < 1.29 is 14.5 Å². The highest BCUT2D eigenvalue weighted by molar-refractivity contribution is 5.97. The lowest BCUT2D eigenvalue weighted by Crippen LogP contribution is -2.13. The van der Waals surface area contributed by atoms with Crippen LogP contribution in [0.5, 0.6) is 5.75 Å². The van der Waals surface area contributed by atoms with Gasteiger partial charge in [0.05, 0.1) is 6.61 Å². The van der Waals surface area contributed by atoms with E-state index in [0.717, 1.165) is 0 Å². The summed E-state index contributed by atoms with van der Waals surface area (Å²) in [7, 11) is 0. The molecule has 0 saturated carbocycles. The number of carbonyl (C=O) groups excluding carboxylic acids is 1. The molecule has 1 rings (SSSR count). The van der Waals surface area contributed by atoms with Crippen molar-refractivity contribution in [2.24, 2.45) is 0 Å². The van der Waals surface area contributed by atoms with Crippen LogP contribution in [0.25, 0.3) is 0 Å². The molecule has 0 aliphatic heterocycles. The molecule has 15 heavy (non-hydrogen) atoms. The second kappa shape index (κ2) is 5.09. The van der Waals surface area contributed by atoms with Crippen LogP contribution in [-0.2, 0) is 0 Å². The molecule has 0 atom stereocenters. The molecule has 0 heterocycles. The van der Waals surface area contributed by atoms with E-state index < -0.39 is 17.3 Å². The molecule has 0 bridgehead atoms. The number of carbonyl (C=O) groups is 1. The normalized spacial score (nSPS) is 9.67. The Hall–Kier alpha value is -1.91. The molecule has 0 aliphatic carbocycles. The summed E-state index contributed by atoms with van der Waals surface area (Å²) in [6, 6.07) is 6.38. The average Bonchev–Trinajstić information content (AvgIpc) is 2.17. The molecule has 0 aliphatic rings. The first-order valence-electron chi connectivity index (χ1n) is 4.51. The molecule has 0 amide bonds. The monoisotopic (exact) mass is 209 g/mol. The number of rotatable bonds is 5. The molecule has 0 aromatic heterocycles. The highest BCUT2D eigenvalue weighted by atomic mass is 16.6. The van der Waals surface area contributed by atoms with Crippen LogP contribution >= 0.6 is 0 Å². The lowest BCUT2D eigenvalue weighted by Gasteiger charge is -2.03. The summed E-state index contributed by atoms with van der Waals surface area (Å²) >= 11 is 0. The smallest absolute Gasteiger partial charge is 0.265 e. The topological polar surface area (TPSA) is 69.4 Å². The van der Waals surface area contributed by atoms with E-state index in [1.165, 1.54) is 12.1 Å². The van der Waals surface area contributed by atoms with E-state index in [1.54, 1.807) is 12.1 Å². The molecule has 0 fully saturated rings. The van der Waals surface area contributed by atoms with Crippen molar-refractivity contribution in [1.82, 2.24) is 0 Å². The summed E-state index contributed by atoms with van der Waals surface area (Å²) in [6.07, 6.45) is 0. The summed E-state index contributed by atoms with van der Waals surface area (Å²) < 4.78 is 5.18. The molecule has 1 aromatic carbocycles. The highest BCUT2D eigenvalue weighted by Gasteiger charge is 2.12. The predicted octanol–water partition coefficient (Wildman–Crippen LogP) is 1.54. The van der Waals surface area contributed by atoms with Crippen molar-refractivity contribution >= 4 is 5.78 Å². The third-order valence-electron chi connectivity index (χ3n) is 1.74. The number of nitro groups is 1. The maximum absolute atomic E-state index is 11.3. The SMILES string of the molecule is CCOc1cccc(C(=O)C[N+](=O)[O-])c1. The van der Waals surface area contributed by atoms with E-state index in [9.17, 15) is 14.9 Å². The van der Waals surface area contributed by atoms with Crippen molar-refractivity contribution in [3.05, 3.63) is 39.9 Å². The predicted molar refractivity (Wildman–Crippen MR) is 53.8 cm³/mol. The minimum atomic E-state index is -0.685. The Bertz CT molecular complexity index is 375. The molecule has 1 aromatic rings. The first-order chi connectivity index (χ1) is 7.13. The van der Waals surface area contributed by atoms with Crippen LogP contribution in [0.2, 0.25) is 0 Å². The minimum Gasteiger partial charge on any atom is -0.494 e. The number of Topliss-reactive ketones (excluding diaryl/α,β-unsaturated/α-hetero) is 1. The van der Waals surface area contributed by atoms with Gasteiger partial charge in [0.15, 0.2) is 0 Å². The van der Waals surface area contributed by atoms with Crippen LogP contribution in [0.1, 0.15) is 17.3 Å². The van der Waals surface area contributed by atoms with Gasteiger partial charge in [-0.05, 0) is 19.1 Å². The number of ether oxygens (including phenoxy) is 1. The number of ketones is 1. The van der Waals surface area contributed by atoms with Crippen LogP contribution < -0.4 is 4.74 Å². The van der Waals surface area contributed by atoms with Gasteiger partial charge in [-0.25, -0.2) is 0 Å². The van der Waals surface area contributed by atoms with Crippen LogP contribution in [0.3, 0.4) is 0 Å². The molecule has 0 saturated heterocycles. The van der Waals surface area contributed by atoms with Crippen molar-refractivity contribution in [3.63, 3.8) is 0 Å². The zero-order valence-electron chi connectivity index (χ0n) is 8.30. The quantitative estimate of drug-likeness (QED) is 0.419. The standard InChI is InChI=1S/C10H11NO4/c1-2-15-9-5-3-4-8(6-9)10(12)7-11(13)14/h3-6H,2,7H2,1H3. The number of benzene rings is 1. The van der Waals surface area contributed by atoms with Gasteiger partial charge < -0.3 is 4.74 Å². The van der Waals surface area contributed by atoms with Crippen LogP contribution in [-0.4, -0.2) is 23.9 Å². The van der Waals surface area contributed by atoms with Gasteiger partial charge in [0.25, 0.3) is 6.54 Å². The minimum absolute atomic E-state index is 0.303. The molecule has 80 valence electrons. The fraction of sp³-hybridized carbons (Fsp3) is 0.300. The Labute approximate surface area is 86.8 Å². The van der Waals surface area contributed by atoms with Gasteiger partial charge in [0.2, 0.25) is 5.78 Å². The van der Waals surface area contributed by atoms with Gasteiger partial charge in [0.1, 0.15) is 5.75 Å². The van der Waals surface area contributed by atoms with Gasteiger partial charge >= 0.3 is 0 Å². The van der Waals surface area contributed by atoms with E-state index in [2.05, 4.69) is 0 Å². The van der Waals surface area contributed by atoms with E-state index in [1.807, 2.05) is 6.92 Å². The lowest BCUT2D eigenvalue weighted by atomic mass is 10.1. The summed E-state index contributed by atoms with van der Waals surface area (Å²) in [5, 5.41) is 10.1. The summed E-state index contributed by atoms with van der Waals surface area (Å²) in [5.74, 6) is 0.0354. The Morgan fingerprint density at radius 3 is 2.87 bits per heavy atom. The largest absolute Gasteiger partial charge is 0.494 e. The van der Waals surface area contributed by atoms with Gasteiger partial charge in [-0.1, -0.05) is 12.1 Å². The molecule has 5 nitrogen and oxygen atoms in total. The molecular formula is C10H11NO4. The van der Waals surface area contributed by atoms with E-state index in [4.69, 9.17) is 4.74 Å². The second-order valence-electron chi connectivity index (χ2n) is 2.87. The fourth-order valence-electron chi connectivity index (χ4n) is 1.13. The molecule has 5 heteroatoms. The maximum atomic E-state index is 11.3. The van der Waals surface area contributed by atoms with Crippen LogP contribution in [0.15, 0.2) is 24.3 Å².